The Hall–Kier alpha value is -2.10. The summed E-state index contributed by atoms with van der Waals surface area (Å²) in [6.07, 6.45) is 0. The standard InChI is InChI=1S/C16H21N3O/c1-10(2)14-18-15(17-5)12(4)16(19-14)20-13-8-6-7-11(3)9-13/h6-10H,1-5H3,(H,17,18,19). The molecule has 4 nitrogen and oxygen atoms in total. The summed E-state index contributed by atoms with van der Waals surface area (Å²) in [5.41, 5.74) is 2.07. The number of aryl methyl sites for hydroxylation is 1. The van der Waals surface area contributed by atoms with Gasteiger partial charge in [-0.1, -0.05) is 26.0 Å². The first-order valence-electron chi connectivity index (χ1n) is 6.82. The van der Waals surface area contributed by atoms with E-state index in [9.17, 15) is 0 Å². The Kier molecular flexibility index (Phi) is 4.23. The lowest BCUT2D eigenvalue weighted by Gasteiger charge is -2.14. The van der Waals surface area contributed by atoms with Crippen LogP contribution < -0.4 is 10.1 Å². The van der Waals surface area contributed by atoms with Crippen molar-refractivity contribution in [2.75, 3.05) is 12.4 Å². The quantitative estimate of drug-likeness (QED) is 0.911. The molecule has 0 atom stereocenters. The van der Waals surface area contributed by atoms with Gasteiger partial charge < -0.3 is 10.1 Å². The van der Waals surface area contributed by atoms with E-state index < -0.39 is 0 Å². The van der Waals surface area contributed by atoms with Gasteiger partial charge in [0, 0.05) is 13.0 Å². The molecule has 1 aromatic heterocycles. The SMILES string of the molecule is CNc1nc(C(C)C)nc(Oc2cccc(C)c2)c1C. The first-order valence-corrected chi connectivity index (χ1v) is 6.82. The van der Waals surface area contributed by atoms with Crippen LogP contribution in [0.15, 0.2) is 24.3 Å². The summed E-state index contributed by atoms with van der Waals surface area (Å²) in [7, 11) is 1.86. The number of hydrogen-bond donors (Lipinski definition) is 1. The number of hydrogen-bond acceptors (Lipinski definition) is 4. The van der Waals surface area contributed by atoms with Crippen LogP contribution in [0.3, 0.4) is 0 Å². The Labute approximate surface area is 120 Å². The molecule has 1 aromatic carbocycles. The van der Waals surface area contributed by atoms with Gasteiger partial charge in [-0.2, -0.15) is 4.98 Å². The Morgan fingerprint density at radius 1 is 1.15 bits per heavy atom. The molecule has 20 heavy (non-hydrogen) atoms. The molecule has 0 aliphatic rings. The average Bonchev–Trinajstić information content (AvgIpc) is 2.41. The number of aromatic nitrogens is 2. The van der Waals surface area contributed by atoms with Gasteiger partial charge in [-0.05, 0) is 31.5 Å². The van der Waals surface area contributed by atoms with Crippen LogP contribution in [0.5, 0.6) is 11.6 Å². The largest absolute Gasteiger partial charge is 0.439 e. The summed E-state index contributed by atoms with van der Waals surface area (Å²) in [4.78, 5) is 9.04. The number of anilines is 1. The Balaban J connectivity index is 2.42. The van der Waals surface area contributed by atoms with Crippen molar-refractivity contribution in [2.45, 2.75) is 33.6 Å². The van der Waals surface area contributed by atoms with Gasteiger partial charge >= 0.3 is 0 Å². The third kappa shape index (κ3) is 3.07. The molecule has 2 rings (SSSR count). The lowest BCUT2D eigenvalue weighted by Crippen LogP contribution is -2.06. The second-order valence-electron chi connectivity index (χ2n) is 5.18. The molecule has 1 N–H and O–H groups in total. The fourth-order valence-corrected chi connectivity index (χ4v) is 1.90. The molecule has 0 saturated heterocycles. The second kappa shape index (κ2) is 5.90. The van der Waals surface area contributed by atoms with E-state index in [0.29, 0.717) is 5.88 Å². The fraction of sp³-hybridized carbons (Fsp3) is 0.375. The maximum atomic E-state index is 5.93. The normalized spacial score (nSPS) is 10.7. The highest BCUT2D eigenvalue weighted by Gasteiger charge is 2.14. The fourth-order valence-electron chi connectivity index (χ4n) is 1.90. The molecule has 1 heterocycles. The van der Waals surface area contributed by atoms with E-state index in [1.807, 2.05) is 45.2 Å². The maximum Gasteiger partial charge on any atom is 0.227 e. The average molecular weight is 271 g/mol. The molecule has 4 heteroatoms. The highest BCUT2D eigenvalue weighted by Crippen LogP contribution is 2.28. The molecule has 0 fully saturated rings. The van der Waals surface area contributed by atoms with Gasteiger partial charge in [0.15, 0.2) is 0 Å². The van der Waals surface area contributed by atoms with Crippen molar-refractivity contribution >= 4 is 5.82 Å². The monoisotopic (exact) mass is 271 g/mol. The molecule has 0 amide bonds. The zero-order chi connectivity index (χ0) is 14.7. The van der Waals surface area contributed by atoms with Crippen molar-refractivity contribution in [2.24, 2.45) is 0 Å². The second-order valence-corrected chi connectivity index (χ2v) is 5.18. The van der Waals surface area contributed by atoms with Crippen molar-refractivity contribution < 1.29 is 4.74 Å². The van der Waals surface area contributed by atoms with Crippen LogP contribution in [-0.2, 0) is 0 Å². The zero-order valence-corrected chi connectivity index (χ0v) is 12.7. The van der Waals surface area contributed by atoms with Crippen LogP contribution in [0.1, 0.15) is 36.7 Å². The Morgan fingerprint density at radius 2 is 1.90 bits per heavy atom. The van der Waals surface area contributed by atoms with Crippen molar-refractivity contribution in [1.82, 2.24) is 9.97 Å². The van der Waals surface area contributed by atoms with Crippen LogP contribution in [-0.4, -0.2) is 17.0 Å². The van der Waals surface area contributed by atoms with Gasteiger partial charge in [0.2, 0.25) is 5.88 Å². The number of nitrogens with zero attached hydrogens (tertiary/aromatic N) is 2. The topological polar surface area (TPSA) is 47.0 Å². The number of ether oxygens (including phenoxy) is 1. The molecule has 0 aliphatic carbocycles. The highest BCUT2D eigenvalue weighted by molar-refractivity contribution is 5.49. The van der Waals surface area contributed by atoms with Gasteiger partial charge in [-0.25, -0.2) is 4.98 Å². The lowest BCUT2D eigenvalue weighted by molar-refractivity contribution is 0.453. The van der Waals surface area contributed by atoms with Crippen LogP contribution in [0.2, 0.25) is 0 Å². The summed E-state index contributed by atoms with van der Waals surface area (Å²) in [6.45, 7) is 8.14. The molecule has 0 spiro atoms. The van der Waals surface area contributed by atoms with Crippen molar-refractivity contribution in [3.8, 4) is 11.6 Å². The van der Waals surface area contributed by atoms with Crippen molar-refractivity contribution in [3.63, 3.8) is 0 Å². The summed E-state index contributed by atoms with van der Waals surface area (Å²) in [5.74, 6) is 3.25. The van der Waals surface area contributed by atoms with Crippen LogP contribution in [0.25, 0.3) is 0 Å². The van der Waals surface area contributed by atoms with Gasteiger partial charge in [-0.15, -0.1) is 0 Å². The minimum atomic E-state index is 0.252. The lowest BCUT2D eigenvalue weighted by atomic mass is 10.2. The molecule has 0 saturated carbocycles. The van der Waals surface area contributed by atoms with Gasteiger partial charge in [0.05, 0.1) is 5.56 Å². The van der Waals surface area contributed by atoms with Crippen LogP contribution >= 0.6 is 0 Å². The molecule has 2 aromatic rings. The molecule has 0 aliphatic heterocycles. The van der Waals surface area contributed by atoms with E-state index in [1.165, 1.54) is 0 Å². The van der Waals surface area contributed by atoms with Gasteiger partial charge in [0.1, 0.15) is 17.4 Å². The molecule has 0 bridgehead atoms. The molecule has 106 valence electrons. The number of nitrogens with one attached hydrogen (secondary N) is 1. The van der Waals surface area contributed by atoms with Gasteiger partial charge in [0.25, 0.3) is 0 Å². The van der Waals surface area contributed by atoms with E-state index in [1.54, 1.807) is 0 Å². The van der Waals surface area contributed by atoms with Crippen molar-refractivity contribution in [3.05, 3.63) is 41.2 Å². The predicted octanol–water partition coefficient (Wildman–Crippen LogP) is 4.05. The van der Waals surface area contributed by atoms with E-state index in [2.05, 4.69) is 29.1 Å². The summed E-state index contributed by atoms with van der Waals surface area (Å²) >= 11 is 0. The third-order valence-electron chi connectivity index (χ3n) is 3.08. The smallest absolute Gasteiger partial charge is 0.227 e. The molecular weight excluding hydrogens is 250 g/mol. The van der Waals surface area contributed by atoms with Crippen LogP contribution in [0.4, 0.5) is 5.82 Å². The first kappa shape index (κ1) is 14.3. The zero-order valence-electron chi connectivity index (χ0n) is 12.7. The first-order chi connectivity index (χ1) is 9.51. The predicted molar refractivity (Wildman–Crippen MR) is 81.7 cm³/mol. The van der Waals surface area contributed by atoms with E-state index in [-0.39, 0.29) is 5.92 Å². The molecule has 0 unspecified atom stereocenters. The summed E-state index contributed by atoms with van der Waals surface area (Å²) < 4.78 is 5.93. The minimum Gasteiger partial charge on any atom is -0.439 e. The summed E-state index contributed by atoms with van der Waals surface area (Å²) in [6, 6.07) is 7.94. The minimum absolute atomic E-state index is 0.252. The van der Waals surface area contributed by atoms with Crippen molar-refractivity contribution in [1.29, 1.82) is 0 Å². The summed E-state index contributed by atoms with van der Waals surface area (Å²) in [5, 5.41) is 3.10. The maximum absolute atomic E-state index is 5.93. The third-order valence-corrected chi connectivity index (χ3v) is 3.08. The Bertz CT molecular complexity index is 609. The molecular formula is C16H21N3O. The van der Waals surface area contributed by atoms with E-state index in [0.717, 1.165) is 28.5 Å². The Morgan fingerprint density at radius 3 is 2.50 bits per heavy atom. The van der Waals surface area contributed by atoms with Crippen LogP contribution in [0, 0.1) is 13.8 Å². The van der Waals surface area contributed by atoms with E-state index >= 15 is 0 Å². The number of rotatable bonds is 4. The molecule has 0 radical (unpaired) electrons. The van der Waals surface area contributed by atoms with E-state index in [4.69, 9.17) is 4.74 Å². The number of benzene rings is 1. The van der Waals surface area contributed by atoms with Gasteiger partial charge in [-0.3, -0.25) is 0 Å². The highest BCUT2D eigenvalue weighted by atomic mass is 16.5.